The van der Waals surface area contributed by atoms with Crippen molar-refractivity contribution < 1.29 is 9.90 Å². The molecule has 1 amide bonds. The van der Waals surface area contributed by atoms with Gasteiger partial charge in [0, 0.05) is 19.4 Å². The number of carbonyl (C=O) groups excluding carboxylic acids is 1. The van der Waals surface area contributed by atoms with Gasteiger partial charge in [0.25, 0.3) is 0 Å². The summed E-state index contributed by atoms with van der Waals surface area (Å²) in [6, 6.07) is 0. The Morgan fingerprint density at radius 2 is 2.20 bits per heavy atom. The Hall–Kier alpha value is -1.01. The summed E-state index contributed by atoms with van der Waals surface area (Å²) >= 11 is 0. The highest BCUT2D eigenvalue weighted by Gasteiger charge is 2.22. The molecule has 0 rings (SSSR count). The van der Waals surface area contributed by atoms with E-state index in [1.807, 2.05) is 13.8 Å². The highest BCUT2D eigenvalue weighted by atomic mass is 16.3. The summed E-state index contributed by atoms with van der Waals surface area (Å²) in [7, 11) is 0. The molecule has 0 aromatic carbocycles. The van der Waals surface area contributed by atoms with Crippen molar-refractivity contribution >= 4 is 5.91 Å². The average Bonchev–Trinajstić information content (AvgIpc) is 2.09. The van der Waals surface area contributed by atoms with Gasteiger partial charge in [-0.05, 0) is 19.3 Å². The minimum atomic E-state index is -0.833. The number of aliphatic hydroxyl groups is 1. The fourth-order valence-electron chi connectivity index (χ4n) is 1.51. The summed E-state index contributed by atoms with van der Waals surface area (Å²) in [5, 5.41) is 12.6. The molecule has 0 aliphatic rings. The summed E-state index contributed by atoms with van der Waals surface area (Å²) in [4.78, 5) is 11.2. The van der Waals surface area contributed by atoms with E-state index in [1.165, 1.54) is 0 Å². The first-order valence-electron chi connectivity index (χ1n) is 5.30. The van der Waals surface area contributed by atoms with Crippen molar-refractivity contribution in [2.24, 2.45) is 5.92 Å². The van der Waals surface area contributed by atoms with Crippen molar-refractivity contribution in [3.05, 3.63) is 0 Å². The molecule has 1 unspecified atom stereocenters. The van der Waals surface area contributed by atoms with Gasteiger partial charge in [-0.15, -0.1) is 12.3 Å². The van der Waals surface area contributed by atoms with Crippen LogP contribution in [0.15, 0.2) is 0 Å². The summed E-state index contributed by atoms with van der Waals surface area (Å²) in [6.07, 6.45) is 6.48. The first-order chi connectivity index (χ1) is 6.87. The lowest BCUT2D eigenvalue weighted by Crippen LogP contribution is -2.41. The van der Waals surface area contributed by atoms with E-state index in [0.717, 1.165) is 0 Å². The standard InChI is InChI=1S/C12H21NO2/c1-5-6-7-11(14)13-9-12(4,15)8-10(2)3/h1,10,15H,6-9H2,2-4H3,(H,13,14). The fraction of sp³-hybridized carbons (Fsp3) is 0.750. The summed E-state index contributed by atoms with van der Waals surface area (Å²) in [5.74, 6) is 2.71. The third-order valence-electron chi connectivity index (χ3n) is 2.01. The molecule has 15 heavy (non-hydrogen) atoms. The SMILES string of the molecule is C#CCCC(=O)NCC(C)(O)CC(C)C. The first-order valence-corrected chi connectivity index (χ1v) is 5.30. The normalized spacial score (nSPS) is 14.4. The molecule has 3 nitrogen and oxygen atoms in total. The predicted molar refractivity (Wildman–Crippen MR) is 61.2 cm³/mol. The molecule has 0 aromatic heterocycles. The number of hydrogen-bond donors (Lipinski definition) is 2. The highest BCUT2D eigenvalue weighted by molar-refractivity contribution is 5.76. The van der Waals surface area contributed by atoms with Crippen molar-refractivity contribution in [1.29, 1.82) is 0 Å². The Labute approximate surface area is 92.3 Å². The van der Waals surface area contributed by atoms with Crippen molar-refractivity contribution in [3.63, 3.8) is 0 Å². The summed E-state index contributed by atoms with van der Waals surface area (Å²) in [5.41, 5.74) is -0.833. The van der Waals surface area contributed by atoms with Crippen LogP contribution < -0.4 is 5.32 Å². The van der Waals surface area contributed by atoms with Crippen LogP contribution in [0.25, 0.3) is 0 Å². The van der Waals surface area contributed by atoms with Gasteiger partial charge in [-0.2, -0.15) is 0 Å². The lowest BCUT2D eigenvalue weighted by atomic mass is 9.94. The lowest BCUT2D eigenvalue weighted by Gasteiger charge is -2.25. The molecular formula is C12H21NO2. The monoisotopic (exact) mass is 211 g/mol. The topological polar surface area (TPSA) is 49.3 Å². The fourth-order valence-corrected chi connectivity index (χ4v) is 1.51. The summed E-state index contributed by atoms with van der Waals surface area (Å²) in [6.45, 7) is 6.09. The van der Waals surface area contributed by atoms with Gasteiger partial charge in [0.15, 0.2) is 0 Å². The van der Waals surface area contributed by atoms with Crippen LogP contribution in [0, 0.1) is 18.3 Å². The van der Waals surface area contributed by atoms with Gasteiger partial charge in [-0.25, -0.2) is 0 Å². The van der Waals surface area contributed by atoms with Crippen molar-refractivity contribution in [2.45, 2.75) is 45.6 Å². The maximum Gasteiger partial charge on any atom is 0.221 e. The molecule has 3 heteroatoms. The van der Waals surface area contributed by atoms with Crippen molar-refractivity contribution in [3.8, 4) is 12.3 Å². The van der Waals surface area contributed by atoms with Crippen LogP contribution in [-0.2, 0) is 4.79 Å². The molecule has 0 aliphatic heterocycles. The number of rotatable bonds is 6. The van der Waals surface area contributed by atoms with Crippen LogP contribution in [-0.4, -0.2) is 23.2 Å². The maximum atomic E-state index is 11.2. The molecule has 0 aliphatic carbocycles. The van der Waals surface area contributed by atoms with Crippen LogP contribution in [0.5, 0.6) is 0 Å². The highest BCUT2D eigenvalue weighted by Crippen LogP contribution is 2.14. The second-order valence-corrected chi connectivity index (χ2v) is 4.58. The third-order valence-corrected chi connectivity index (χ3v) is 2.01. The molecular weight excluding hydrogens is 190 g/mol. The van der Waals surface area contributed by atoms with Crippen LogP contribution in [0.2, 0.25) is 0 Å². The van der Waals surface area contributed by atoms with Gasteiger partial charge in [0.05, 0.1) is 5.60 Å². The maximum absolute atomic E-state index is 11.2. The number of hydrogen-bond acceptors (Lipinski definition) is 2. The van der Waals surface area contributed by atoms with Gasteiger partial charge in [0.1, 0.15) is 0 Å². The number of amides is 1. The van der Waals surface area contributed by atoms with Gasteiger partial charge in [0.2, 0.25) is 5.91 Å². The van der Waals surface area contributed by atoms with E-state index < -0.39 is 5.60 Å². The number of carbonyl (C=O) groups is 1. The minimum absolute atomic E-state index is 0.100. The molecule has 2 N–H and O–H groups in total. The van der Waals surface area contributed by atoms with Gasteiger partial charge < -0.3 is 10.4 Å². The first kappa shape index (κ1) is 14.0. The minimum Gasteiger partial charge on any atom is -0.388 e. The quantitative estimate of drug-likeness (QED) is 0.651. The van der Waals surface area contributed by atoms with Gasteiger partial charge in [-0.1, -0.05) is 13.8 Å². The zero-order valence-corrected chi connectivity index (χ0v) is 9.84. The molecule has 0 spiro atoms. The second kappa shape index (κ2) is 6.47. The molecule has 0 heterocycles. The number of terminal acetylenes is 1. The Kier molecular flexibility index (Phi) is 6.03. The summed E-state index contributed by atoms with van der Waals surface area (Å²) < 4.78 is 0. The Bertz CT molecular complexity index is 238. The van der Waals surface area contributed by atoms with E-state index >= 15 is 0 Å². The third kappa shape index (κ3) is 8.02. The Morgan fingerprint density at radius 3 is 2.67 bits per heavy atom. The van der Waals surface area contributed by atoms with Gasteiger partial charge in [-0.3, -0.25) is 4.79 Å². The van der Waals surface area contributed by atoms with Crippen LogP contribution >= 0.6 is 0 Å². The largest absolute Gasteiger partial charge is 0.388 e. The zero-order valence-electron chi connectivity index (χ0n) is 9.84. The van der Waals surface area contributed by atoms with E-state index in [4.69, 9.17) is 6.42 Å². The predicted octanol–water partition coefficient (Wildman–Crippen LogP) is 1.31. The molecule has 0 bridgehead atoms. The zero-order chi connectivity index (χ0) is 11.9. The Morgan fingerprint density at radius 1 is 1.60 bits per heavy atom. The van der Waals surface area contributed by atoms with E-state index in [-0.39, 0.29) is 12.5 Å². The van der Waals surface area contributed by atoms with Crippen LogP contribution in [0.1, 0.15) is 40.0 Å². The molecule has 0 fully saturated rings. The molecule has 1 atom stereocenters. The van der Waals surface area contributed by atoms with E-state index in [9.17, 15) is 9.90 Å². The van der Waals surface area contributed by atoms with E-state index in [2.05, 4.69) is 11.2 Å². The van der Waals surface area contributed by atoms with E-state index in [1.54, 1.807) is 6.92 Å². The molecule has 0 saturated carbocycles. The van der Waals surface area contributed by atoms with Crippen LogP contribution in [0.4, 0.5) is 0 Å². The molecule has 86 valence electrons. The van der Waals surface area contributed by atoms with E-state index in [0.29, 0.717) is 25.2 Å². The molecule has 0 aromatic rings. The number of nitrogens with one attached hydrogen (secondary N) is 1. The second-order valence-electron chi connectivity index (χ2n) is 4.58. The molecule has 0 saturated heterocycles. The van der Waals surface area contributed by atoms with Crippen molar-refractivity contribution in [1.82, 2.24) is 5.32 Å². The lowest BCUT2D eigenvalue weighted by molar-refractivity contribution is -0.122. The Balaban J connectivity index is 3.83. The van der Waals surface area contributed by atoms with Crippen LogP contribution in [0.3, 0.4) is 0 Å². The average molecular weight is 211 g/mol. The molecule has 0 radical (unpaired) electrons. The van der Waals surface area contributed by atoms with Gasteiger partial charge >= 0.3 is 0 Å². The smallest absolute Gasteiger partial charge is 0.221 e. The van der Waals surface area contributed by atoms with Crippen molar-refractivity contribution in [2.75, 3.05) is 6.54 Å².